The second-order valence-corrected chi connectivity index (χ2v) is 9.92. The normalized spacial score (nSPS) is 11.3. The molecule has 0 fully saturated rings. The zero-order valence-electron chi connectivity index (χ0n) is 15.9. The van der Waals surface area contributed by atoms with Crippen molar-refractivity contribution < 1.29 is 13.2 Å². The van der Waals surface area contributed by atoms with Crippen LogP contribution in [0.3, 0.4) is 0 Å². The Morgan fingerprint density at radius 3 is 2.29 bits per heavy atom. The van der Waals surface area contributed by atoms with Crippen molar-refractivity contribution in [2.24, 2.45) is 0 Å². The maximum atomic E-state index is 12.6. The van der Waals surface area contributed by atoms with Crippen molar-refractivity contribution in [2.45, 2.75) is 10.6 Å². The van der Waals surface area contributed by atoms with Gasteiger partial charge >= 0.3 is 0 Å². The van der Waals surface area contributed by atoms with Gasteiger partial charge in [0, 0.05) is 28.5 Å². The van der Waals surface area contributed by atoms with Crippen LogP contribution in [-0.2, 0) is 15.6 Å². The largest absolute Gasteiger partial charge is 0.296 e. The third-order valence-electron chi connectivity index (χ3n) is 4.32. The quantitative estimate of drug-likeness (QED) is 0.445. The standard InChI is InChI=1S/C21H15ClN4O3S2/c22-17-5-7-18(8-6-17)31(28,29)13-14-1-3-16(4-2-14)20-25-26-21(30-20)24-19(27)15-9-11-23-12-10-15/h1-12H,13H2,(H,24,26,27). The van der Waals surface area contributed by atoms with Crippen molar-refractivity contribution in [3.63, 3.8) is 0 Å². The first-order valence-corrected chi connectivity index (χ1v) is 11.9. The molecule has 1 amide bonds. The van der Waals surface area contributed by atoms with Crippen molar-refractivity contribution in [3.05, 3.63) is 89.2 Å². The van der Waals surface area contributed by atoms with Gasteiger partial charge in [0.15, 0.2) is 9.84 Å². The highest BCUT2D eigenvalue weighted by Gasteiger charge is 2.16. The Kier molecular flexibility index (Phi) is 6.08. The van der Waals surface area contributed by atoms with E-state index < -0.39 is 9.84 Å². The highest BCUT2D eigenvalue weighted by molar-refractivity contribution is 7.90. The Labute approximate surface area is 187 Å². The third kappa shape index (κ3) is 5.13. The minimum atomic E-state index is -3.48. The van der Waals surface area contributed by atoms with E-state index in [9.17, 15) is 13.2 Å². The zero-order valence-corrected chi connectivity index (χ0v) is 18.3. The summed E-state index contributed by atoms with van der Waals surface area (Å²) in [5.41, 5.74) is 1.89. The molecule has 0 aliphatic heterocycles. The Balaban J connectivity index is 1.45. The average molecular weight is 471 g/mol. The second-order valence-electron chi connectivity index (χ2n) is 6.51. The number of amides is 1. The lowest BCUT2D eigenvalue weighted by Gasteiger charge is -2.05. The Hall–Kier alpha value is -3.14. The van der Waals surface area contributed by atoms with Crippen LogP contribution in [0.4, 0.5) is 5.13 Å². The first-order valence-electron chi connectivity index (χ1n) is 9.03. The molecular formula is C21H15ClN4O3S2. The average Bonchev–Trinajstić information content (AvgIpc) is 3.23. The number of sulfone groups is 1. The van der Waals surface area contributed by atoms with E-state index in [1.807, 2.05) is 0 Å². The van der Waals surface area contributed by atoms with Crippen LogP contribution in [0.1, 0.15) is 15.9 Å². The van der Waals surface area contributed by atoms with E-state index in [1.165, 1.54) is 35.9 Å². The van der Waals surface area contributed by atoms with Gasteiger partial charge in [-0.1, -0.05) is 47.2 Å². The van der Waals surface area contributed by atoms with Crippen molar-refractivity contribution >= 4 is 43.8 Å². The predicted octanol–water partition coefficient (Wildman–Crippen LogP) is 4.48. The van der Waals surface area contributed by atoms with E-state index in [-0.39, 0.29) is 16.6 Å². The molecule has 7 nitrogen and oxygen atoms in total. The molecule has 2 heterocycles. The topological polar surface area (TPSA) is 102 Å². The molecule has 0 saturated carbocycles. The number of carbonyl (C=O) groups is 1. The second kappa shape index (κ2) is 8.93. The summed E-state index contributed by atoms with van der Waals surface area (Å²) in [5, 5.41) is 12.3. The summed E-state index contributed by atoms with van der Waals surface area (Å²) in [7, 11) is -3.48. The van der Waals surface area contributed by atoms with Gasteiger partial charge in [0.1, 0.15) is 5.01 Å². The number of halogens is 1. The molecule has 4 rings (SSSR count). The lowest BCUT2D eigenvalue weighted by atomic mass is 10.2. The number of aromatic nitrogens is 3. The predicted molar refractivity (Wildman–Crippen MR) is 120 cm³/mol. The van der Waals surface area contributed by atoms with Crippen LogP contribution >= 0.6 is 22.9 Å². The number of anilines is 1. The van der Waals surface area contributed by atoms with Gasteiger partial charge in [-0.05, 0) is 42.0 Å². The van der Waals surface area contributed by atoms with Gasteiger partial charge in [-0.2, -0.15) is 0 Å². The van der Waals surface area contributed by atoms with Gasteiger partial charge in [-0.15, -0.1) is 10.2 Å². The van der Waals surface area contributed by atoms with Gasteiger partial charge in [0.2, 0.25) is 5.13 Å². The van der Waals surface area contributed by atoms with Crippen LogP contribution in [0.2, 0.25) is 5.02 Å². The molecule has 0 aliphatic rings. The number of nitrogens with one attached hydrogen (secondary N) is 1. The summed E-state index contributed by atoms with van der Waals surface area (Å²) in [4.78, 5) is 16.3. The van der Waals surface area contributed by atoms with Gasteiger partial charge in [-0.3, -0.25) is 15.1 Å². The van der Waals surface area contributed by atoms with Crippen LogP contribution in [0.5, 0.6) is 0 Å². The van der Waals surface area contributed by atoms with E-state index in [1.54, 1.807) is 48.5 Å². The molecule has 0 spiro atoms. The number of carbonyl (C=O) groups excluding carboxylic acids is 1. The number of hydrogen-bond acceptors (Lipinski definition) is 7. The van der Waals surface area contributed by atoms with Gasteiger partial charge in [0.05, 0.1) is 10.6 Å². The van der Waals surface area contributed by atoms with Gasteiger partial charge < -0.3 is 0 Å². The molecule has 0 atom stereocenters. The summed E-state index contributed by atoms with van der Waals surface area (Å²) in [6.07, 6.45) is 3.07. The van der Waals surface area contributed by atoms with Crippen molar-refractivity contribution in [2.75, 3.05) is 5.32 Å². The maximum Gasteiger partial charge on any atom is 0.257 e. The number of benzene rings is 2. The highest BCUT2D eigenvalue weighted by Crippen LogP contribution is 2.27. The lowest BCUT2D eigenvalue weighted by molar-refractivity contribution is 0.102. The molecule has 156 valence electrons. The van der Waals surface area contributed by atoms with E-state index in [4.69, 9.17) is 11.6 Å². The lowest BCUT2D eigenvalue weighted by Crippen LogP contribution is -2.11. The monoisotopic (exact) mass is 470 g/mol. The number of hydrogen-bond donors (Lipinski definition) is 1. The fraction of sp³-hybridized carbons (Fsp3) is 0.0476. The van der Waals surface area contributed by atoms with Crippen molar-refractivity contribution in [1.29, 1.82) is 0 Å². The van der Waals surface area contributed by atoms with E-state index in [2.05, 4.69) is 20.5 Å². The molecule has 0 saturated heterocycles. The first kappa shape index (κ1) is 21.1. The molecule has 4 aromatic rings. The van der Waals surface area contributed by atoms with Gasteiger partial charge in [-0.25, -0.2) is 8.42 Å². The molecule has 0 bridgehead atoms. The SMILES string of the molecule is O=C(Nc1nnc(-c2ccc(CS(=O)(=O)c3ccc(Cl)cc3)cc2)s1)c1ccncc1. The fourth-order valence-corrected chi connectivity index (χ4v) is 4.97. The molecule has 10 heteroatoms. The highest BCUT2D eigenvalue weighted by atomic mass is 35.5. The molecule has 2 aromatic carbocycles. The van der Waals surface area contributed by atoms with E-state index >= 15 is 0 Å². The number of nitrogens with zero attached hydrogens (tertiary/aromatic N) is 3. The Morgan fingerprint density at radius 1 is 0.935 bits per heavy atom. The Morgan fingerprint density at radius 2 is 1.61 bits per heavy atom. The smallest absolute Gasteiger partial charge is 0.257 e. The van der Waals surface area contributed by atoms with Crippen molar-refractivity contribution in [3.8, 4) is 10.6 Å². The van der Waals surface area contributed by atoms with Crippen LogP contribution < -0.4 is 5.32 Å². The van der Waals surface area contributed by atoms with E-state index in [0.717, 1.165) is 5.56 Å². The van der Waals surface area contributed by atoms with Crippen molar-refractivity contribution in [1.82, 2.24) is 15.2 Å². The summed E-state index contributed by atoms with van der Waals surface area (Å²) in [5.74, 6) is -0.425. The molecule has 31 heavy (non-hydrogen) atoms. The third-order valence-corrected chi connectivity index (χ3v) is 7.16. The van der Waals surface area contributed by atoms with Crippen LogP contribution in [0.25, 0.3) is 10.6 Å². The molecule has 1 N–H and O–H groups in total. The summed E-state index contributed by atoms with van der Waals surface area (Å²) >= 11 is 7.05. The van der Waals surface area contributed by atoms with Crippen LogP contribution in [0, 0.1) is 0 Å². The number of pyridine rings is 1. The Bertz CT molecular complexity index is 1310. The molecular weight excluding hydrogens is 456 g/mol. The zero-order chi connectivity index (χ0) is 21.8. The molecule has 0 aliphatic carbocycles. The molecule has 2 aromatic heterocycles. The minimum absolute atomic E-state index is 0.127. The summed E-state index contributed by atoms with van der Waals surface area (Å²) in [6, 6.07) is 16.3. The molecule has 0 radical (unpaired) electrons. The van der Waals surface area contributed by atoms with Crippen LogP contribution in [-0.4, -0.2) is 29.5 Å². The maximum absolute atomic E-state index is 12.6. The summed E-state index contributed by atoms with van der Waals surface area (Å²) < 4.78 is 25.2. The first-order chi connectivity index (χ1) is 14.9. The molecule has 0 unspecified atom stereocenters. The van der Waals surface area contributed by atoms with E-state index in [0.29, 0.717) is 26.3 Å². The summed E-state index contributed by atoms with van der Waals surface area (Å²) in [6.45, 7) is 0. The minimum Gasteiger partial charge on any atom is -0.296 e. The number of rotatable bonds is 6. The van der Waals surface area contributed by atoms with Gasteiger partial charge in [0.25, 0.3) is 5.91 Å². The fourth-order valence-electron chi connectivity index (χ4n) is 2.75. The van der Waals surface area contributed by atoms with Crippen LogP contribution in [0.15, 0.2) is 78.0 Å².